The summed E-state index contributed by atoms with van der Waals surface area (Å²) in [6.45, 7) is 7.94. The zero-order valence-electron chi connectivity index (χ0n) is 11.0. The molecule has 1 heterocycles. The third-order valence-corrected chi connectivity index (χ3v) is 3.12. The highest BCUT2D eigenvalue weighted by atomic mass is 16.2. The minimum absolute atomic E-state index is 0.0831. The van der Waals surface area contributed by atoms with Gasteiger partial charge in [0, 0.05) is 32.1 Å². The lowest BCUT2D eigenvalue weighted by Gasteiger charge is -2.34. The molecular weight excluding hydrogens is 218 g/mol. The van der Waals surface area contributed by atoms with Crippen LogP contribution >= 0.6 is 0 Å². The zero-order chi connectivity index (χ0) is 12.8. The van der Waals surface area contributed by atoms with E-state index in [1.165, 1.54) is 6.92 Å². The Morgan fingerprint density at radius 1 is 1.29 bits per heavy atom. The van der Waals surface area contributed by atoms with Crippen LogP contribution in [-0.2, 0) is 9.59 Å². The lowest BCUT2D eigenvalue weighted by molar-refractivity contribution is -0.125. The fraction of sp³-hybridized carbons (Fsp3) is 0.833. The van der Waals surface area contributed by atoms with Crippen LogP contribution in [0.15, 0.2) is 0 Å². The van der Waals surface area contributed by atoms with Crippen molar-refractivity contribution in [3.05, 3.63) is 0 Å². The second-order valence-corrected chi connectivity index (χ2v) is 4.88. The second-order valence-electron chi connectivity index (χ2n) is 4.88. The van der Waals surface area contributed by atoms with Crippen molar-refractivity contribution in [2.75, 3.05) is 19.6 Å². The smallest absolute Gasteiger partial charge is 0.239 e. The molecule has 0 atom stereocenters. The van der Waals surface area contributed by atoms with Crippen LogP contribution in [-0.4, -0.2) is 48.4 Å². The molecule has 1 aliphatic rings. The van der Waals surface area contributed by atoms with E-state index in [2.05, 4.69) is 29.4 Å². The Bertz CT molecular complexity index is 271. The summed E-state index contributed by atoms with van der Waals surface area (Å²) in [6.07, 6.45) is 1.98. The molecule has 2 amide bonds. The lowest BCUT2D eigenvalue weighted by Crippen LogP contribution is -2.48. The Labute approximate surface area is 103 Å². The predicted molar refractivity (Wildman–Crippen MR) is 66.6 cm³/mol. The molecular formula is C12H23N3O2. The number of carbonyl (C=O) groups is 2. The molecule has 98 valence electrons. The Balaban J connectivity index is 2.21. The van der Waals surface area contributed by atoms with Gasteiger partial charge in [0.15, 0.2) is 0 Å². The molecule has 1 rings (SSSR count). The SMILES string of the molecule is CC(=O)NCC(=O)NC1CCN(C(C)C)CC1. The summed E-state index contributed by atoms with van der Waals surface area (Å²) < 4.78 is 0. The molecule has 0 spiro atoms. The number of nitrogens with zero attached hydrogens (tertiary/aromatic N) is 1. The van der Waals surface area contributed by atoms with Crippen molar-refractivity contribution in [3.8, 4) is 0 Å². The van der Waals surface area contributed by atoms with Crippen LogP contribution in [0.2, 0.25) is 0 Å². The highest BCUT2D eigenvalue weighted by molar-refractivity contribution is 5.83. The van der Waals surface area contributed by atoms with Crippen molar-refractivity contribution < 1.29 is 9.59 Å². The number of piperidine rings is 1. The van der Waals surface area contributed by atoms with Gasteiger partial charge in [0.2, 0.25) is 11.8 Å². The van der Waals surface area contributed by atoms with Gasteiger partial charge in [-0.05, 0) is 26.7 Å². The maximum Gasteiger partial charge on any atom is 0.239 e. The summed E-state index contributed by atoms with van der Waals surface area (Å²) in [5.74, 6) is -0.266. The Morgan fingerprint density at radius 3 is 2.35 bits per heavy atom. The van der Waals surface area contributed by atoms with Gasteiger partial charge in [0.25, 0.3) is 0 Å². The number of likely N-dealkylation sites (tertiary alicyclic amines) is 1. The number of nitrogens with one attached hydrogen (secondary N) is 2. The van der Waals surface area contributed by atoms with E-state index >= 15 is 0 Å². The van der Waals surface area contributed by atoms with Gasteiger partial charge >= 0.3 is 0 Å². The summed E-state index contributed by atoms with van der Waals surface area (Å²) in [5.41, 5.74) is 0. The number of rotatable bonds is 4. The predicted octanol–water partition coefficient (Wildman–Crippen LogP) is 0.112. The van der Waals surface area contributed by atoms with Gasteiger partial charge in [0.05, 0.1) is 6.54 Å². The molecule has 0 aromatic heterocycles. The number of hydrogen-bond acceptors (Lipinski definition) is 3. The third-order valence-electron chi connectivity index (χ3n) is 3.12. The molecule has 0 aromatic rings. The Morgan fingerprint density at radius 2 is 1.88 bits per heavy atom. The first-order valence-electron chi connectivity index (χ1n) is 6.27. The average Bonchev–Trinajstić information content (AvgIpc) is 2.27. The van der Waals surface area contributed by atoms with Crippen molar-refractivity contribution in [2.24, 2.45) is 0 Å². The normalized spacial score (nSPS) is 18.1. The monoisotopic (exact) mass is 241 g/mol. The molecule has 0 aliphatic carbocycles. The van der Waals surface area contributed by atoms with Gasteiger partial charge in [0.1, 0.15) is 0 Å². The van der Waals surface area contributed by atoms with E-state index < -0.39 is 0 Å². The fourth-order valence-corrected chi connectivity index (χ4v) is 2.04. The molecule has 17 heavy (non-hydrogen) atoms. The van der Waals surface area contributed by atoms with E-state index in [4.69, 9.17) is 0 Å². The highest BCUT2D eigenvalue weighted by Crippen LogP contribution is 2.12. The molecule has 0 saturated carbocycles. The molecule has 5 heteroatoms. The zero-order valence-corrected chi connectivity index (χ0v) is 11.0. The molecule has 0 unspecified atom stereocenters. The van der Waals surface area contributed by atoms with E-state index in [1.807, 2.05) is 0 Å². The number of carbonyl (C=O) groups excluding carboxylic acids is 2. The summed E-state index contributed by atoms with van der Waals surface area (Å²) in [6, 6.07) is 0.831. The van der Waals surface area contributed by atoms with Crippen LogP contribution in [0.4, 0.5) is 0 Å². The van der Waals surface area contributed by atoms with Crippen molar-refractivity contribution in [1.29, 1.82) is 0 Å². The topological polar surface area (TPSA) is 61.4 Å². The molecule has 5 nitrogen and oxygen atoms in total. The van der Waals surface area contributed by atoms with Crippen molar-refractivity contribution in [1.82, 2.24) is 15.5 Å². The summed E-state index contributed by atoms with van der Waals surface area (Å²) in [7, 11) is 0. The second kappa shape index (κ2) is 6.59. The van der Waals surface area contributed by atoms with E-state index in [0.29, 0.717) is 6.04 Å². The van der Waals surface area contributed by atoms with Crippen molar-refractivity contribution in [2.45, 2.75) is 45.7 Å². The van der Waals surface area contributed by atoms with E-state index in [9.17, 15) is 9.59 Å². The van der Waals surface area contributed by atoms with E-state index in [0.717, 1.165) is 25.9 Å². The number of hydrogen-bond donors (Lipinski definition) is 2. The first-order valence-corrected chi connectivity index (χ1v) is 6.27. The lowest BCUT2D eigenvalue weighted by atomic mass is 10.0. The largest absolute Gasteiger partial charge is 0.352 e. The molecule has 0 aromatic carbocycles. The first-order chi connectivity index (χ1) is 7.99. The van der Waals surface area contributed by atoms with Gasteiger partial charge in [-0.2, -0.15) is 0 Å². The van der Waals surface area contributed by atoms with Crippen LogP contribution in [0.5, 0.6) is 0 Å². The quantitative estimate of drug-likeness (QED) is 0.734. The van der Waals surface area contributed by atoms with Crippen LogP contribution < -0.4 is 10.6 Å². The summed E-state index contributed by atoms with van der Waals surface area (Å²) in [5, 5.41) is 5.45. The van der Waals surface area contributed by atoms with Crippen molar-refractivity contribution >= 4 is 11.8 Å². The molecule has 0 radical (unpaired) electrons. The summed E-state index contributed by atoms with van der Waals surface area (Å²) >= 11 is 0. The van der Waals surface area contributed by atoms with Crippen LogP contribution in [0, 0.1) is 0 Å². The minimum atomic E-state index is -0.172. The van der Waals surface area contributed by atoms with Gasteiger partial charge in [-0.1, -0.05) is 0 Å². The number of amides is 2. The van der Waals surface area contributed by atoms with E-state index in [1.54, 1.807) is 0 Å². The Kier molecular flexibility index (Phi) is 5.41. The van der Waals surface area contributed by atoms with Crippen molar-refractivity contribution in [3.63, 3.8) is 0 Å². The van der Waals surface area contributed by atoms with Crippen LogP contribution in [0.25, 0.3) is 0 Å². The molecule has 1 saturated heterocycles. The third kappa shape index (κ3) is 5.17. The molecule has 0 bridgehead atoms. The average molecular weight is 241 g/mol. The Hall–Kier alpha value is -1.10. The maximum absolute atomic E-state index is 11.5. The standard InChI is InChI=1S/C12H23N3O2/c1-9(2)15-6-4-11(5-7-15)14-12(17)8-13-10(3)16/h9,11H,4-8H2,1-3H3,(H,13,16)(H,14,17). The van der Waals surface area contributed by atoms with Crippen LogP contribution in [0.3, 0.4) is 0 Å². The van der Waals surface area contributed by atoms with Gasteiger partial charge in [-0.3, -0.25) is 9.59 Å². The molecule has 1 fully saturated rings. The fourth-order valence-electron chi connectivity index (χ4n) is 2.04. The van der Waals surface area contributed by atoms with Gasteiger partial charge < -0.3 is 15.5 Å². The maximum atomic E-state index is 11.5. The molecule has 1 aliphatic heterocycles. The van der Waals surface area contributed by atoms with Gasteiger partial charge in [-0.15, -0.1) is 0 Å². The summed E-state index contributed by atoms with van der Waals surface area (Å²) in [4.78, 5) is 24.6. The highest BCUT2D eigenvalue weighted by Gasteiger charge is 2.21. The van der Waals surface area contributed by atoms with Gasteiger partial charge in [-0.25, -0.2) is 0 Å². The molecule has 2 N–H and O–H groups in total. The van der Waals surface area contributed by atoms with Crippen LogP contribution in [0.1, 0.15) is 33.6 Å². The van der Waals surface area contributed by atoms with E-state index in [-0.39, 0.29) is 24.4 Å². The first kappa shape index (κ1) is 14.0. The minimum Gasteiger partial charge on any atom is -0.352 e.